The predicted octanol–water partition coefficient (Wildman–Crippen LogP) is 6.99. The third-order valence-corrected chi connectivity index (χ3v) is 6.41. The largest absolute Gasteiger partial charge is 0.488 e. The van der Waals surface area contributed by atoms with E-state index >= 15 is 0 Å². The number of halogens is 2. The van der Waals surface area contributed by atoms with Gasteiger partial charge in [-0.3, -0.25) is 4.79 Å². The average Bonchev–Trinajstić information content (AvgIpc) is 3.09. The van der Waals surface area contributed by atoms with Crippen molar-refractivity contribution < 1.29 is 9.53 Å². The maximum absolute atomic E-state index is 12.5. The molecular weight excluding hydrogens is 540 g/mol. The first-order valence-electron chi connectivity index (χ1n) is 9.49. The Hall–Kier alpha value is -2.35. The lowest BCUT2D eigenvalue weighted by Gasteiger charge is -2.10. The number of nitrogens with zero attached hydrogens (tertiary/aromatic N) is 1. The molecule has 0 bridgehead atoms. The fourth-order valence-corrected chi connectivity index (χ4v) is 4.34. The molecule has 1 saturated heterocycles. The number of aliphatic imine (C=N–C) groups is 1. The van der Waals surface area contributed by atoms with E-state index in [1.165, 1.54) is 11.8 Å². The van der Waals surface area contributed by atoms with Crippen LogP contribution in [0.3, 0.4) is 0 Å². The normalized spacial score (nSPS) is 16.0. The summed E-state index contributed by atoms with van der Waals surface area (Å²) in [7, 11) is 0. The second-order valence-corrected chi connectivity index (χ2v) is 9.78. The molecule has 0 atom stereocenters. The van der Waals surface area contributed by atoms with Crippen LogP contribution in [0, 0.1) is 6.92 Å². The number of rotatable bonds is 5. The second kappa shape index (κ2) is 9.85. The fourth-order valence-electron chi connectivity index (χ4n) is 2.86. The van der Waals surface area contributed by atoms with Gasteiger partial charge in [0, 0.05) is 14.5 Å². The SMILES string of the molecule is Cc1ccc(N=C2NC(=O)/C(=C\c3cc(Br)ccc3OCc3ccc(Br)cc3)S2)cc1. The second-order valence-electron chi connectivity index (χ2n) is 6.91. The van der Waals surface area contributed by atoms with Crippen LogP contribution in [-0.2, 0) is 11.4 Å². The lowest BCUT2D eigenvalue weighted by molar-refractivity contribution is -0.115. The smallest absolute Gasteiger partial charge is 0.264 e. The van der Waals surface area contributed by atoms with Crippen molar-refractivity contribution in [2.24, 2.45) is 4.99 Å². The average molecular weight is 558 g/mol. The van der Waals surface area contributed by atoms with Crippen molar-refractivity contribution in [2.75, 3.05) is 0 Å². The highest BCUT2D eigenvalue weighted by molar-refractivity contribution is 9.10. The summed E-state index contributed by atoms with van der Waals surface area (Å²) in [6.07, 6.45) is 1.83. The van der Waals surface area contributed by atoms with Gasteiger partial charge in [-0.15, -0.1) is 0 Å². The number of carbonyl (C=O) groups excluding carboxylic acids is 1. The number of nitrogens with one attached hydrogen (secondary N) is 1. The van der Waals surface area contributed by atoms with E-state index in [4.69, 9.17) is 4.74 Å². The van der Waals surface area contributed by atoms with Crippen molar-refractivity contribution >= 4 is 66.5 Å². The molecule has 1 heterocycles. The first-order chi connectivity index (χ1) is 15.0. The summed E-state index contributed by atoms with van der Waals surface area (Å²) >= 11 is 8.26. The molecule has 0 aliphatic carbocycles. The fraction of sp³-hybridized carbons (Fsp3) is 0.0833. The topological polar surface area (TPSA) is 50.7 Å². The van der Waals surface area contributed by atoms with Gasteiger partial charge in [0.2, 0.25) is 0 Å². The van der Waals surface area contributed by atoms with E-state index in [0.717, 1.165) is 31.3 Å². The highest BCUT2D eigenvalue weighted by Crippen LogP contribution is 2.32. The Labute approximate surface area is 202 Å². The highest BCUT2D eigenvalue weighted by atomic mass is 79.9. The Morgan fingerprint density at radius 2 is 1.71 bits per heavy atom. The molecule has 3 aromatic carbocycles. The maximum Gasteiger partial charge on any atom is 0.264 e. The van der Waals surface area contributed by atoms with Gasteiger partial charge in [0.15, 0.2) is 5.17 Å². The molecule has 1 aliphatic heterocycles. The van der Waals surface area contributed by atoms with Gasteiger partial charge in [-0.1, -0.05) is 61.7 Å². The number of aryl methyl sites for hydroxylation is 1. The van der Waals surface area contributed by atoms with Crippen LogP contribution in [0.2, 0.25) is 0 Å². The van der Waals surface area contributed by atoms with Gasteiger partial charge < -0.3 is 10.1 Å². The van der Waals surface area contributed by atoms with E-state index in [1.54, 1.807) is 0 Å². The molecular formula is C24H18Br2N2O2S. The summed E-state index contributed by atoms with van der Waals surface area (Å²) in [6.45, 7) is 2.46. The number of benzene rings is 3. The number of thioether (sulfide) groups is 1. The third-order valence-electron chi connectivity index (χ3n) is 4.48. The molecule has 7 heteroatoms. The zero-order chi connectivity index (χ0) is 21.8. The number of carbonyl (C=O) groups is 1. The van der Waals surface area contributed by atoms with E-state index < -0.39 is 0 Å². The quantitative estimate of drug-likeness (QED) is 0.344. The van der Waals surface area contributed by atoms with Crippen LogP contribution in [-0.4, -0.2) is 11.1 Å². The Morgan fingerprint density at radius 1 is 1.00 bits per heavy atom. The summed E-state index contributed by atoms with van der Waals surface area (Å²) in [4.78, 5) is 17.6. The summed E-state index contributed by atoms with van der Waals surface area (Å²) in [5.74, 6) is 0.533. The van der Waals surface area contributed by atoms with Gasteiger partial charge in [0.25, 0.3) is 5.91 Å². The summed E-state index contributed by atoms with van der Waals surface area (Å²) < 4.78 is 7.98. The lowest BCUT2D eigenvalue weighted by Crippen LogP contribution is -2.19. The molecule has 1 aliphatic rings. The number of hydrogen-bond donors (Lipinski definition) is 1. The van der Waals surface area contributed by atoms with E-state index in [-0.39, 0.29) is 5.91 Å². The lowest BCUT2D eigenvalue weighted by atomic mass is 10.2. The van der Waals surface area contributed by atoms with Crippen LogP contribution in [0.1, 0.15) is 16.7 Å². The molecule has 1 N–H and O–H groups in total. The molecule has 0 spiro atoms. The third kappa shape index (κ3) is 5.87. The van der Waals surface area contributed by atoms with Crippen LogP contribution < -0.4 is 10.1 Å². The minimum absolute atomic E-state index is 0.172. The first-order valence-corrected chi connectivity index (χ1v) is 11.9. The van der Waals surface area contributed by atoms with E-state index in [1.807, 2.05) is 79.7 Å². The molecule has 0 saturated carbocycles. The van der Waals surface area contributed by atoms with Gasteiger partial charge in [0.05, 0.1) is 10.6 Å². The molecule has 4 rings (SSSR count). The molecule has 3 aromatic rings. The van der Waals surface area contributed by atoms with Gasteiger partial charge >= 0.3 is 0 Å². The Bertz CT molecular complexity index is 1170. The first kappa shape index (κ1) is 21.9. The van der Waals surface area contributed by atoms with Crippen molar-refractivity contribution in [2.45, 2.75) is 13.5 Å². The zero-order valence-corrected chi connectivity index (χ0v) is 20.6. The van der Waals surface area contributed by atoms with Crippen molar-refractivity contribution in [3.05, 3.63) is 97.3 Å². The summed E-state index contributed by atoms with van der Waals surface area (Å²) in [5.41, 5.74) is 3.85. The van der Waals surface area contributed by atoms with Crippen LogP contribution in [0.5, 0.6) is 5.75 Å². The number of hydrogen-bond acceptors (Lipinski definition) is 4. The van der Waals surface area contributed by atoms with E-state index in [0.29, 0.717) is 22.4 Å². The minimum atomic E-state index is -0.172. The van der Waals surface area contributed by atoms with Crippen molar-refractivity contribution in [3.8, 4) is 5.75 Å². The van der Waals surface area contributed by atoms with Gasteiger partial charge in [-0.05, 0) is 72.8 Å². The van der Waals surface area contributed by atoms with Crippen LogP contribution in [0.15, 0.2) is 85.6 Å². The summed E-state index contributed by atoms with van der Waals surface area (Å²) in [6, 6.07) is 21.6. The van der Waals surface area contributed by atoms with Gasteiger partial charge in [-0.25, -0.2) is 4.99 Å². The monoisotopic (exact) mass is 556 g/mol. The molecule has 31 heavy (non-hydrogen) atoms. The van der Waals surface area contributed by atoms with Crippen molar-refractivity contribution in [1.29, 1.82) is 0 Å². The van der Waals surface area contributed by atoms with Crippen LogP contribution >= 0.6 is 43.6 Å². The highest BCUT2D eigenvalue weighted by Gasteiger charge is 2.24. The molecule has 156 valence electrons. The van der Waals surface area contributed by atoms with E-state index in [9.17, 15) is 4.79 Å². The molecule has 0 unspecified atom stereocenters. The Kier molecular flexibility index (Phi) is 6.95. The molecule has 4 nitrogen and oxygen atoms in total. The zero-order valence-electron chi connectivity index (χ0n) is 16.6. The Morgan fingerprint density at radius 3 is 2.45 bits per heavy atom. The van der Waals surface area contributed by atoms with Crippen LogP contribution in [0.4, 0.5) is 5.69 Å². The number of amidine groups is 1. The maximum atomic E-state index is 12.5. The molecule has 0 aromatic heterocycles. The van der Waals surface area contributed by atoms with Gasteiger partial charge in [0.1, 0.15) is 12.4 Å². The summed E-state index contributed by atoms with van der Waals surface area (Å²) in [5, 5.41) is 3.40. The van der Waals surface area contributed by atoms with Crippen molar-refractivity contribution in [1.82, 2.24) is 5.32 Å². The van der Waals surface area contributed by atoms with E-state index in [2.05, 4.69) is 42.2 Å². The Balaban J connectivity index is 1.54. The number of ether oxygens (including phenoxy) is 1. The van der Waals surface area contributed by atoms with Crippen molar-refractivity contribution in [3.63, 3.8) is 0 Å². The minimum Gasteiger partial charge on any atom is -0.488 e. The number of amides is 1. The molecule has 1 fully saturated rings. The molecule has 1 amide bonds. The van der Waals surface area contributed by atoms with Crippen LogP contribution in [0.25, 0.3) is 6.08 Å². The van der Waals surface area contributed by atoms with Gasteiger partial charge in [-0.2, -0.15) is 0 Å². The molecule has 0 radical (unpaired) electrons. The predicted molar refractivity (Wildman–Crippen MR) is 135 cm³/mol. The standard InChI is InChI=1S/C24H18Br2N2O2S/c1-15-2-9-20(10-3-15)27-24-28-23(29)22(31-24)13-17-12-19(26)8-11-21(17)30-14-16-4-6-18(25)7-5-16/h2-13H,14H2,1H3,(H,27,28,29)/b22-13+.